The predicted octanol–water partition coefficient (Wildman–Crippen LogP) is 2.19. The summed E-state index contributed by atoms with van der Waals surface area (Å²) in [5, 5.41) is 0.836. The third kappa shape index (κ3) is 4.26. The molecule has 0 aliphatic carbocycles. The average molecular weight is 206 g/mol. The van der Waals surface area contributed by atoms with Gasteiger partial charge in [0.05, 0.1) is 0 Å². The predicted molar refractivity (Wildman–Crippen MR) is 56.1 cm³/mol. The van der Waals surface area contributed by atoms with Crippen LogP contribution in [0, 0.1) is 0 Å². The maximum atomic E-state index is 10.4. The molecule has 1 heterocycles. The van der Waals surface area contributed by atoms with Crippen LogP contribution in [0.1, 0.15) is 32.1 Å². The van der Waals surface area contributed by atoms with E-state index >= 15 is 0 Å². The number of rotatable bonds is 5. The Morgan fingerprint density at radius 1 is 1.50 bits per heavy atom. The van der Waals surface area contributed by atoms with Gasteiger partial charge in [0, 0.05) is 17.4 Å². The lowest BCUT2D eigenvalue weighted by Crippen LogP contribution is -2.10. The van der Waals surface area contributed by atoms with E-state index in [1.54, 1.807) is 0 Å². The van der Waals surface area contributed by atoms with Gasteiger partial charge in [0.1, 0.15) is 0 Å². The van der Waals surface area contributed by atoms with Gasteiger partial charge in [0.25, 0.3) is 0 Å². The molecule has 70 valence electrons. The van der Waals surface area contributed by atoms with Crippen molar-refractivity contribution in [1.82, 2.24) is 0 Å². The molecular weight excluding hydrogens is 191 g/mol. The van der Waals surface area contributed by atoms with Gasteiger partial charge in [-0.3, -0.25) is 4.79 Å². The molecule has 1 unspecified atom stereocenters. The molecule has 0 radical (unpaired) electrons. The molecule has 0 aromatic heterocycles. The maximum Gasteiger partial charge on any atom is 0.217 e. The molecule has 0 saturated carbocycles. The van der Waals surface area contributed by atoms with E-state index in [1.165, 1.54) is 18.6 Å². The van der Waals surface area contributed by atoms with Crippen molar-refractivity contribution in [2.24, 2.45) is 5.73 Å². The fourth-order valence-electron chi connectivity index (χ4n) is 1.24. The molecule has 0 spiro atoms. The second-order valence-electron chi connectivity index (χ2n) is 3.04. The van der Waals surface area contributed by atoms with Crippen molar-refractivity contribution in [3.63, 3.8) is 0 Å². The summed E-state index contributed by atoms with van der Waals surface area (Å²) in [5.41, 5.74) is 5.04. The van der Waals surface area contributed by atoms with Gasteiger partial charge in [-0.1, -0.05) is 28.0 Å². The first kappa shape index (κ1) is 10.3. The van der Waals surface area contributed by atoms with Crippen molar-refractivity contribution >= 4 is 27.5 Å². The third-order valence-corrected chi connectivity index (χ3v) is 4.93. The van der Waals surface area contributed by atoms with Gasteiger partial charge < -0.3 is 5.73 Å². The number of hydrogen-bond donors (Lipinski definition) is 1. The van der Waals surface area contributed by atoms with Crippen LogP contribution in [-0.2, 0) is 4.79 Å². The molecule has 1 aliphatic rings. The molecule has 1 amide bonds. The van der Waals surface area contributed by atoms with Crippen molar-refractivity contribution in [3.05, 3.63) is 0 Å². The lowest BCUT2D eigenvalue weighted by molar-refractivity contribution is -0.118. The van der Waals surface area contributed by atoms with Crippen molar-refractivity contribution < 1.29 is 4.79 Å². The maximum absolute atomic E-state index is 10.4. The van der Waals surface area contributed by atoms with Gasteiger partial charge in [-0.15, -0.1) is 0 Å². The summed E-state index contributed by atoms with van der Waals surface area (Å²) in [7, 11) is 3.97. The Morgan fingerprint density at radius 3 is 2.92 bits per heavy atom. The number of carbonyl (C=O) groups is 1. The normalized spacial score (nSPS) is 22.8. The minimum atomic E-state index is -0.163. The number of amides is 1. The minimum absolute atomic E-state index is 0.163. The summed E-state index contributed by atoms with van der Waals surface area (Å²) in [4.78, 5) is 10.4. The summed E-state index contributed by atoms with van der Waals surface area (Å²) in [6, 6.07) is 0. The highest BCUT2D eigenvalue weighted by Gasteiger charge is 2.15. The molecule has 1 aliphatic heterocycles. The van der Waals surface area contributed by atoms with E-state index in [0.29, 0.717) is 6.42 Å². The summed E-state index contributed by atoms with van der Waals surface area (Å²) in [6.07, 6.45) is 5.28. The van der Waals surface area contributed by atoms with E-state index in [0.717, 1.165) is 18.1 Å². The first-order valence-corrected chi connectivity index (χ1v) is 6.74. The number of carbonyl (C=O) groups excluding carboxylic acids is 1. The molecule has 1 rings (SSSR count). The second kappa shape index (κ2) is 5.75. The number of hydrogen-bond acceptors (Lipinski definition) is 3. The van der Waals surface area contributed by atoms with Gasteiger partial charge in [-0.25, -0.2) is 0 Å². The first-order valence-electron chi connectivity index (χ1n) is 4.35. The van der Waals surface area contributed by atoms with Gasteiger partial charge >= 0.3 is 0 Å². The van der Waals surface area contributed by atoms with Crippen molar-refractivity contribution in [1.29, 1.82) is 0 Å². The smallest absolute Gasteiger partial charge is 0.217 e. The number of primary amides is 1. The molecule has 12 heavy (non-hydrogen) atoms. The van der Waals surface area contributed by atoms with Crippen LogP contribution in [-0.4, -0.2) is 16.9 Å². The molecule has 1 fully saturated rings. The van der Waals surface area contributed by atoms with Crippen LogP contribution in [0.5, 0.6) is 0 Å². The Kier molecular flexibility index (Phi) is 4.92. The topological polar surface area (TPSA) is 43.1 Å². The van der Waals surface area contributed by atoms with Crippen molar-refractivity contribution in [2.45, 2.75) is 37.4 Å². The quantitative estimate of drug-likeness (QED) is 0.426. The van der Waals surface area contributed by atoms with Crippen LogP contribution in [0.2, 0.25) is 0 Å². The van der Waals surface area contributed by atoms with Crippen LogP contribution in [0.15, 0.2) is 0 Å². The van der Waals surface area contributed by atoms with Gasteiger partial charge in [-0.2, -0.15) is 0 Å². The van der Waals surface area contributed by atoms with Crippen LogP contribution in [0.25, 0.3) is 0 Å². The Morgan fingerprint density at radius 2 is 2.33 bits per heavy atom. The Hall–Kier alpha value is 0.170. The minimum Gasteiger partial charge on any atom is -0.370 e. The molecule has 1 atom stereocenters. The molecular formula is C8H15NOS2. The molecule has 0 bridgehead atoms. The van der Waals surface area contributed by atoms with Crippen LogP contribution in [0.4, 0.5) is 0 Å². The zero-order valence-electron chi connectivity index (χ0n) is 7.12. The third-order valence-electron chi connectivity index (χ3n) is 1.93. The lowest BCUT2D eigenvalue weighted by Gasteiger charge is -2.05. The lowest BCUT2D eigenvalue weighted by atomic mass is 10.1. The van der Waals surface area contributed by atoms with Gasteiger partial charge in [0.2, 0.25) is 5.91 Å². The monoisotopic (exact) mass is 206 g/mol. The van der Waals surface area contributed by atoms with Crippen molar-refractivity contribution in [3.8, 4) is 0 Å². The zero-order chi connectivity index (χ0) is 8.81. The highest BCUT2D eigenvalue weighted by atomic mass is 33.1. The summed E-state index contributed by atoms with van der Waals surface area (Å²) >= 11 is 0. The Bertz CT molecular complexity index is 146. The van der Waals surface area contributed by atoms with Crippen LogP contribution in [0.3, 0.4) is 0 Å². The number of unbranched alkanes of at least 4 members (excludes halogenated alkanes) is 1. The van der Waals surface area contributed by atoms with Crippen LogP contribution >= 0.6 is 21.6 Å². The van der Waals surface area contributed by atoms with E-state index in [4.69, 9.17) is 5.73 Å². The number of nitrogens with two attached hydrogens (primary N) is 1. The molecule has 4 heteroatoms. The van der Waals surface area contributed by atoms with E-state index in [9.17, 15) is 4.79 Å². The largest absolute Gasteiger partial charge is 0.370 e. The van der Waals surface area contributed by atoms with Gasteiger partial charge in [-0.05, 0) is 19.3 Å². The summed E-state index contributed by atoms with van der Waals surface area (Å²) < 4.78 is 0. The standard InChI is InChI=1S/C8H15NOS2/c9-8(10)4-2-1-3-7-5-6-11-12-7/h7H,1-6H2,(H2,9,10)/i9+1. The van der Waals surface area contributed by atoms with Crippen LogP contribution < -0.4 is 5.73 Å². The van der Waals surface area contributed by atoms with E-state index < -0.39 is 0 Å². The van der Waals surface area contributed by atoms with E-state index in [-0.39, 0.29) is 5.91 Å². The van der Waals surface area contributed by atoms with E-state index in [2.05, 4.69) is 0 Å². The summed E-state index contributed by atoms with van der Waals surface area (Å²) in [5.74, 6) is 1.13. The zero-order valence-corrected chi connectivity index (χ0v) is 8.76. The molecule has 0 aromatic carbocycles. The molecule has 0 aromatic rings. The SMILES string of the molecule is [15NH2]C(=O)CCCCC1CCSS1. The molecule has 1 saturated heterocycles. The fourth-order valence-corrected chi connectivity index (χ4v) is 4.26. The van der Waals surface area contributed by atoms with Gasteiger partial charge in [0.15, 0.2) is 0 Å². The fraction of sp³-hybridized carbons (Fsp3) is 0.875. The molecule has 2 nitrogen and oxygen atoms in total. The van der Waals surface area contributed by atoms with Crippen molar-refractivity contribution in [2.75, 3.05) is 5.75 Å². The molecule has 2 N–H and O–H groups in total. The first-order chi connectivity index (χ1) is 5.79. The second-order valence-corrected chi connectivity index (χ2v) is 5.83. The average Bonchev–Trinajstić information content (AvgIpc) is 2.49. The Labute approximate surface area is 81.4 Å². The Balaban J connectivity index is 1.91. The highest BCUT2D eigenvalue weighted by Crippen LogP contribution is 2.39. The summed E-state index contributed by atoms with van der Waals surface area (Å²) in [6.45, 7) is 0. The van der Waals surface area contributed by atoms with E-state index in [1.807, 2.05) is 21.6 Å². The highest BCUT2D eigenvalue weighted by molar-refractivity contribution is 8.77.